The molecule has 3 aliphatic rings. The number of benzene rings is 1. The van der Waals surface area contributed by atoms with Crippen molar-refractivity contribution in [1.29, 1.82) is 0 Å². The Morgan fingerprint density at radius 2 is 2.07 bits per heavy atom. The normalized spacial score (nSPS) is 28.9. The number of aromatic nitrogens is 2. The molecule has 5 rings (SSSR count). The summed E-state index contributed by atoms with van der Waals surface area (Å²) in [6.07, 6.45) is 1.17. The Bertz CT molecular complexity index is 789. The molecule has 5 nitrogen and oxygen atoms in total. The summed E-state index contributed by atoms with van der Waals surface area (Å²) in [6.45, 7) is 9.97. The van der Waals surface area contributed by atoms with Gasteiger partial charge in [0.15, 0.2) is 0 Å². The maximum absolute atomic E-state index is 4.90. The molecule has 0 bridgehead atoms. The molecule has 3 atom stereocenters. The van der Waals surface area contributed by atoms with Gasteiger partial charge in [-0.2, -0.15) is 5.10 Å². The zero-order chi connectivity index (χ0) is 18.4. The van der Waals surface area contributed by atoms with E-state index in [9.17, 15) is 0 Å². The number of fused-ring (bicyclic) bond motifs is 2. The first-order chi connectivity index (χ1) is 13.2. The molecular formula is C22H31N5. The van der Waals surface area contributed by atoms with E-state index in [0.29, 0.717) is 6.04 Å². The van der Waals surface area contributed by atoms with Crippen LogP contribution >= 0.6 is 0 Å². The average Bonchev–Trinajstić information content (AvgIpc) is 3.23. The summed E-state index contributed by atoms with van der Waals surface area (Å²) in [5.41, 5.74) is 5.54. The van der Waals surface area contributed by atoms with Crippen LogP contribution in [0.25, 0.3) is 0 Å². The van der Waals surface area contributed by atoms with Gasteiger partial charge in [-0.05, 0) is 56.0 Å². The summed E-state index contributed by atoms with van der Waals surface area (Å²) >= 11 is 0. The molecular weight excluding hydrogens is 334 g/mol. The maximum atomic E-state index is 4.90. The topological polar surface area (TPSA) is 36.3 Å². The highest BCUT2D eigenvalue weighted by atomic mass is 15.3. The Labute approximate surface area is 162 Å². The van der Waals surface area contributed by atoms with Gasteiger partial charge in [0.25, 0.3) is 0 Å². The lowest BCUT2D eigenvalue weighted by molar-refractivity contribution is 0.222. The molecule has 4 heterocycles. The summed E-state index contributed by atoms with van der Waals surface area (Å²) in [7, 11) is 2.30. The van der Waals surface area contributed by atoms with Crippen LogP contribution in [0.1, 0.15) is 35.0 Å². The van der Waals surface area contributed by atoms with E-state index in [1.807, 2.05) is 0 Å². The Hall–Kier alpha value is -1.69. The van der Waals surface area contributed by atoms with Gasteiger partial charge in [0.2, 0.25) is 0 Å². The molecule has 0 unspecified atom stereocenters. The highest BCUT2D eigenvalue weighted by molar-refractivity contribution is 5.31. The molecule has 0 saturated carbocycles. The van der Waals surface area contributed by atoms with Crippen molar-refractivity contribution in [3.63, 3.8) is 0 Å². The van der Waals surface area contributed by atoms with Gasteiger partial charge in [0.05, 0.1) is 11.4 Å². The van der Waals surface area contributed by atoms with Gasteiger partial charge in [-0.25, -0.2) is 0 Å². The van der Waals surface area contributed by atoms with Crippen molar-refractivity contribution in [1.82, 2.24) is 24.9 Å². The fourth-order valence-corrected chi connectivity index (χ4v) is 5.59. The molecule has 0 amide bonds. The molecule has 5 heteroatoms. The highest BCUT2D eigenvalue weighted by Gasteiger charge is 2.46. The summed E-state index contributed by atoms with van der Waals surface area (Å²) < 4.78 is 2.22. The Morgan fingerprint density at radius 1 is 1.19 bits per heavy atom. The third kappa shape index (κ3) is 3.22. The van der Waals surface area contributed by atoms with E-state index >= 15 is 0 Å². The van der Waals surface area contributed by atoms with Gasteiger partial charge in [0.1, 0.15) is 0 Å². The second-order valence-electron chi connectivity index (χ2n) is 8.74. The molecule has 0 radical (unpaired) electrons. The fourth-order valence-electron chi connectivity index (χ4n) is 5.59. The first kappa shape index (κ1) is 17.4. The summed E-state index contributed by atoms with van der Waals surface area (Å²) in [6, 6.07) is 11.8. The quantitative estimate of drug-likeness (QED) is 0.906. The van der Waals surface area contributed by atoms with Crippen molar-refractivity contribution in [2.75, 3.05) is 33.2 Å². The van der Waals surface area contributed by atoms with Crippen molar-refractivity contribution in [2.45, 2.75) is 39.0 Å². The highest BCUT2D eigenvalue weighted by Crippen LogP contribution is 2.45. The van der Waals surface area contributed by atoms with E-state index in [1.54, 1.807) is 0 Å². The number of nitrogens with one attached hydrogen (secondary N) is 1. The zero-order valence-electron chi connectivity index (χ0n) is 16.6. The number of likely N-dealkylation sites (tertiary alicyclic amines) is 2. The van der Waals surface area contributed by atoms with E-state index < -0.39 is 0 Å². The van der Waals surface area contributed by atoms with E-state index in [-0.39, 0.29) is 0 Å². The molecule has 0 spiro atoms. The molecule has 1 aromatic heterocycles. The first-order valence-electron chi connectivity index (χ1n) is 10.4. The van der Waals surface area contributed by atoms with Gasteiger partial charge in [-0.15, -0.1) is 0 Å². The van der Waals surface area contributed by atoms with Crippen molar-refractivity contribution in [2.24, 2.45) is 11.8 Å². The Morgan fingerprint density at radius 3 is 2.96 bits per heavy atom. The maximum Gasteiger partial charge on any atom is 0.0768 e. The lowest BCUT2D eigenvalue weighted by Crippen LogP contribution is -2.29. The van der Waals surface area contributed by atoms with Crippen molar-refractivity contribution < 1.29 is 0 Å². The van der Waals surface area contributed by atoms with Gasteiger partial charge < -0.3 is 5.32 Å². The van der Waals surface area contributed by atoms with Crippen LogP contribution in [-0.4, -0.2) is 52.8 Å². The predicted octanol–water partition coefficient (Wildman–Crippen LogP) is 2.42. The van der Waals surface area contributed by atoms with Crippen molar-refractivity contribution >= 4 is 0 Å². The lowest BCUT2D eigenvalue weighted by Gasteiger charge is -2.27. The summed E-state index contributed by atoms with van der Waals surface area (Å²) in [4.78, 5) is 5.22. The average molecular weight is 366 g/mol. The van der Waals surface area contributed by atoms with E-state index in [2.05, 4.69) is 64.1 Å². The number of hydrogen-bond donors (Lipinski definition) is 1. The molecule has 2 fully saturated rings. The fraction of sp³-hybridized carbons (Fsp3) is 0.591. The van der Waals surface area contributed by atoms with Gasteiger partial charge in [-0.3, -0.25) is 14.5 Å². The summed E-state index contributed by atoms with van der Waals surface area (Å²) in [5, 5.41) is 8.40. The Kier molecular flexibility index (Phi) is 4.54. The minimum atomic E-state index is 0.559. The van der Waals surface area contributed by atoms with Crippen LogP contribution in [0.3, 0.4) is 0 Å². The molecule has 27 heavy (non-hydrogen) atoms. The number of aryl methyl sites for hydroxylation is 2. The molecule has 3 aliphatic heterocycles. The van der Waals surface area contributed by atoms with Crippen LogP contribution in [0.4, 0.5) is 0 Å². The first-order valence-corrected chi connectivity index (χ1v) is 10.4. The molecule has 144 valence electrons. The van der Waals surface area contributed by atoms with E-state index in [4.69, 9.17) is 5.10 Å². The van der Waals surface area contributed by atoms with Crippen LogP contribution in [-0.2, 0) is 19.6 Å². The zero-order valence-corrected chi connectivity index (χ0v) is 16.6. The molecule has 1 aromatic carbocycles. The minimum absolute atomic E-state index is 0.559. The van der Waals surface area contributed by atoms with Crippen LogP contribution in [0.15, 0.2) is 30.3 Å². The molecule has 1 N–H and O–H groups in total. The third-order valence-electron chi connectivity index (χ3n) is 6.81. The van der Waals surface area contributed by atoms with Crippen LogP contribution in [0, 0.1) is 18.8 Å². The molecule has 0 aliphatic carbocycles. The smallest absolute Gasteiger partial charge is 0.0768 e. The number of rotatable bonds is 3. The Balaban J connectivity index is 1.31. The van der Waals surface area contributed by atoms with E-state index in [0.717, 1.165) is 38.0 Å². The van der Waals surface area contributed by atoms with Crippen LogP contribution in [0.2, 0.25) is 0 Å². The van der Waals surface area contributed by atoms with Crippen molar-refractivity contribution in [3.05, 3.63) is 52.8 Å². The SMILES string of the molecule is Cc1ccccc1[C@H]1[C@@H]2CN(Cc3cc4n(n3)CCCNC4)C[C@@H]2CN1C. The third-order valence-corrected chi connectivity index (χ3v) is 6.81. The van der Waals surface area contributed by atoms with Gasteiger partial charge >= 0.3 is 0 Å². The number of nitrogens with zero attached hydrogens (tertiary/aromatic N) is 4. The monoisotopic (exact) mass is 365 g/mol. The van der Waals surface area contributed by atoms with Crippen LogP contribution < -0.4 is 5.32 Å². The second kappa shape index (κ2) is 7.04. The van der Waals surface area contributed by atoms with Crippen LogP contribution in [0.5, 0.6) is 0 Å². The summed E-state index contributed by atoms with van der Waals surface area (Å²) in [5.74, 6) is 1.51. The van der Waals surface area contributed by atoms with Gasteiger partial charge in [0, 0.05) is 45.3 Å². The van der Waals surface area contributed by atoms with E-state index in [1.165, 1.54) is 48.6 Å². The lowest BCUT2D eigenvalue weighted by atomic mass is 9.88. The number of hydrogen-bond acceptors (Lipinski definition) is 4. The molecule has 2 saturated heterocycles. The minimum Gasteiger partial charge on any atom is -0.311 e. The molecule has 2 aromatic rings. The standard InChI is InChI=1S/C22H31N5/c1-16-6-3-4-7-20(16)22-21-15-26(13-17(21)12-25(22)2)14-18-10-19-11-23-8-5-9-27(19)24-18/h3-4,6-7,10,17,21-23H,5,8-9,11-15H2,1-2H3/t17-,21+,22-/m0/s1. The predicted molar refractivity (Wildman–Crippen MR) is 107 cm³/mol. The second-order valence-corrected chi connectivity index (χ2v) is 8.74. The largest absolute Gasteiger partial charge is 0.311 e. The van der Waals surface area contributed by atoms with Crippen molar-refractivity contribution in [3.8, 4) is 0 Å². The van der Waals surface area contributed by atoms with Gasteiger partial charge in [-0.1, -0.05) is 24.3 Å².